The van der Waals surface area contributed by atoms with Gasteiger partial charge in [-0.1, -0.05) is 12.1 Å². The first-order valence-corrected chi connectivity index (χ1v) is 9.50. The van der Waals surface area contributed by atoms with Gasteiger partial charge in [-0.25, -0.2) is 8.42 Å². The van der Waals surface area contributed by atoms with Crippen molar-refractivity contribution in [2.75, 3.05) is 18.1 Å². The molecule has 0 amide bonds. The maximum atomic E-state index is 12.2. The lowest BCUT2D eigenvalue weighted by Crippen LogP contribution is -2.17. The van der Waals surface area contributed by atoms with Crippen molar-refractivity contribution < 1.29 is 13.2 Å². The molecule has 1 aromatic rings. The number of sulfone groups is 1. The quantitative estimate of drug-likeness (QED) is 0.612. The number of nitrogens with one attached hydrogen (secondary N) is 1. The molecule has 7 heteroatoms. The lowest BCUT2D eigenvalue weighted by molar-refractivity contribution is 0.127. The summed E-state index contributed by atoms with van der Waals surface area (Å²) in [5, 5.41) is 7.69. The second-order valence-electron chi connectivity index (χ2n) is 5.03. The number of nitrogens with two attached hydrogens (primary N) is 1. The molecule has 0 radical (unpaired) electrons. The van der Waals surface area contributed by atoms with Crippen LogP contribution in [0.25, 0.3) is 0 Å². The fraction of sp³-hybridized carbons (Fsp3) is 0.500. The molecule has 2 unspecified atom stereocenters. The predicted octanol–water partition coefficient (Wildman–Crippen LogP) is 1.65. The van der Waals surface area contributed by atoms with Gasteiger partial charge >= 0.3 is 0 Å². The Balaban J connectivity index is 1.93. The molecule has 2 rings (SSSR count). The first-order valence-electron chi connectivity index (χ1n) is 6.80. The Bertz CT molecular complexity index is 599. The van der Waals surface area contributed by atoms with E-state index in [0.717, 1.165) is 13.0 Å². The molecule has 1 aliphatic rings. The average Bonchev–Trinajstić information content (AvgIpc) is 2.84. The topological polar surface area (TPSA) is 93.2 Å². The van der Waals surface area contributed by atoms with Gasteiger partial charge in [-0.05, 0) is 25.5 Å². The summed E-state index contributed by atoms with van der Waals surface area (Å²) in [5.74, 6) is 0.611. The number of hydrogen-bond donors (Lipinski definition) is 2. The van der Waals surface area contributed by atoms with Gasteiger partial charge in [0, 0.05) is 23.2 Å². The van der Waals surface area contributed by atoms with Crippen molar-refractivity contribution in [3.63, 3.8) is 0 Å². The molecule has 116 valence electrons. The second kappa shape index (κ2) is 6.81. The van der Waals surface area contributed by atoms with Gasteiger partial charge in [-0.2, -0.15) is 11.8 Å². The zero-order chi connectivity index (χ0) is 15.5. The summed E-state index contributed by atoms with van der Waals surface area (Å²) in [6.45, 7) is 2.79. The third-order valence-corrected chi connectivity index (χ3v) is 6.99. The summed E-state index contributed by atoms with van der Waals surface area (Å²) in [7, 11) is -3.28. The third-order valence-electron chi connectivity index (χ3n) is 3.52. The molecule has 5 nitrogen and oxygen atoms in total. The van der Waals surface area contributed by atoms with Crippen LogP contribution in [0, 0.1) is 5.41 Å². The molecule has 0 bridgehead atoms. The maximum absolute atomic E-state index is 12.2. The van der Waals surface area contributed by atoms with Crippen molar-refractivity contribution in [1.82, 2.24) is 0 Å². The van der Waals surface area contributed by atoms with E-state index in [-0.39, 0.29) is 22.6 Å². The lowest BCUT2D eigenvalue weighted by Gasteiger charge is -2.13. The fourth-order valence-corrected chi connectivity index (χ4v) is 5.16. The minimum Gasteiger partial charge on any atom is -0.384 e. The Labute approximate surface area is 129 Å². The highest BCUT2D eigenvalue weighted by atomic mass is 32.2. The van der Waals surface area contributed by atoms with Crippen molar-refractivity contribution in [2.24, 2.45) is 5.73 Å². The Morgan fingerprint density at radius 1 is 1.43 bits per heavy atom. The van der Waals surface area contributed by atoms with Crippen LogP contribution in [-0.2, 0) is 14.6 Å². The monoisotopic (exact) mass is 328 g/mol. The molecular formula is C14H20N2O3S2. The summed E-state index contributed by atoms with van der Waals surface area (Å²) < 4.78 is 29.9. The van der Waals surface area contributed by atoms with Crippen LogP contribution in [0.3, 0.4) is 0 Å². The van der Waals surface area contributed by atoms with Crippen LogP contribution in [0.15, 0.2) is 29.2 Å². The smallest absolute Gasteiger partial charge is 0.179 e. The Hall–Kier alpha value is -1.05. The largest absolute Gasteiger partial charge is 0.384 e. The minimum absolute atomic E-state index is 0.0651. The number of hydrogen-bond acceptors (Lipinski definition) is 5. The number of amidine groups is 1. The zero-order valence-electron chi connectivity index (χ0n) is 11.9. The molecule has 0 spiro atoms. The van der Waals surface area contributed by atoms with E-state index in [0.29, 0.717) is 16.6 Å². The molecule has 1 saturated heterocycles. The minimum atomic E-state index is -3.28. The molecular weight excluding hydrogens is 308 g/mol. The molecule has 0 aromatic heterocycles. The summed E-state index contributed by atoms with van der Waals surface area (Å²) in [5.41, 5.74) is 5.88. The van der Waals surface area contributed by atoms with Crippen LogP contribution in [0.1, 0.15) is 18.9 Å². The van der Waals surface area contributed by atoms with Crippen LogP contribution in [-0.4, -0.2) is 43.7 Å². The van der Waals surface area contributed by atoms with Crippen LogP contribution in [0.4, 0.5) is 0 Å². The second-order valence-corrected chi connectivity index (χ2v) is 8.49. The highest BCUT2D eigenvalue weighted by molar-refractivity contribution is 8.01. The highest BCUT2D eigenvalue weighted by Gasteiger charge is 2.25. The molecule has 1 fully saturated rings. The van der Waals surface area contributed by atoms with Crippen molar-refractivity contribution in [1.29, 1.82) is 5.41 Å². The maximum Gasteiger partial charge on any atom is 0.179 e. The van der Waals surface area contributed by atoms with Gasteiger partial charge in [0.05, 0.1) is 16.8 Å². The zero-order valence-corrected chi connectivity index (χ0v) is 13.5. The van der Waals surface area contributed by atoms with Gasteiger partial charge in [0.15, 0.2) is 9.84 Å². The SMILES string of the molecule is CC1OCCC1SCCS(=O)(=O)c1ccc(C(=N)N)cc1. The third kappa shape index (κ3) is 4.21. The van der Waals surface area contributed by atoms with E-state index in [1.54, 1.807) is 23.9 Å². The van der Waals surface area contributed by atoms with E-state index in [1.807, 2.05) is 6.92 Å². The molecule has 1 aliphatic heterocycles. The van der Waals surface area contributed by atoms with Crippen molar-refractivity contribution in [3.8, 4) is 0 Å². The normalized spacial score (nSPS) is 22.3. The van der Waals surface area contributed by atoms with Gasteiger partial charge < -0.3 is 10.5 Å². The van der Waals surface area contributed by atoms with Gasteiger partial charge in [0.1, 0.15) is 5.84 Å². The number of ether oxygens (including phenoxy) is 1. The molecule has 3 N–H and O–H groups in total. The van der Waals surface area contributed by atoms with E-state index in [2.05, 4.69) is 0 Å². The molecule has 21 heavy (non-hydrogen) atoms. The lowest BCUT2D eigenvalue weighted by atomic mass is 10.2. The number of rotatable bonds is 6. The Morgan fingerprint density at radius 3 is 2.62 bits per heavy atom. The van der Waals surface area contributed by atoms with Crippen LogP contribution >= 0.6 is 11.8 Å². The summed E-state index contributed by atoms with van der Waals surface area (Å²) in [4.78, 5) is 0.281. The molecule has 0 saturated carbocycles. The molecule has 0 aliphatic carbocycles. The van der Waals surface area contributed by atoms with Crippen LogP contribution in [0.2, 0.25) is 0 Å². The van der Waals surface area contributed by atoms with Gasteiger partial charge in [0.2, 0.25) is 0 Å². The predicted molar refractivity (Wildman–Crippen MR) is 85.8 cm³/mol. The van der Waals surface area contributed by atoms with E-state index in [9.17, 15) is 8.42 Å². The van der Waals surface area contributed by atoms with Crippen LogP contribution in [0.5, 0.6) is 0 Å². The van der Waals surface area contributed by atoms with Gasteiger partial charge in [-0.15, -0.1) is 0 Å². The summed E-state index contributed by atoms with van der Waals surface area (Å²) in [6, 6.07) is 6.15. The standard InChI is InChI=1S/C14H20N2O3S2/c1-10-13(6-7-19-10)20-8-9-21(17,18)12-4-2-11(3-5-12)14(15)16/h2-5,10,13H,6-9H2,1H3,(H3,15,16). The van der Waals surface area contributed by atoms with E-state index < -0.39 is 9.84 Å². The Kier molecular flexibility index (Phi) is 5.29. The molecule has 2 atom stereocenters. The average molecular weight is 328 g/mol. The van der Waals surface area contributed by atoms with Crippen molar-refractivity contribution >= 4 is 27.4 Å². The van der Waals surface area contributed by atoms with Gasteiger partial charge in [-0.3, -0.25) is 5.41 Å². The van der Waals surface area contributed by atoms with E-state index >= 15 is 0 Å². The number of nitrogen functional groups attached to an aromatic ring is 1. The van der Waals surface area contributed by atoms with E-state index in [4.69, 9.17) is 15.9 Å². The first kappa shape index (κ1) is 16.3. The van der Waals surface area contributed by atoms with Crippen molar-refractivity contribution in [2.45, 2.75) is 29.6 Å². The number of thioether (sulfide) groups is 1. The summed E-state index contributed by atoms with van der Waals surface area (Å²) >= 11 is 1.66. The van der Waals surface area contributed by atoms with Crippen molar-refractivity contribution in [3.05, 3.63) is 29.8 Å². The molecule has 1 aromatic carbocycles. The van der Waals surface area contributed by atoms with E-state index in [1.165, 1.54) is 12.1 Å². The fourth-order valence-electron chi connectivity index (χ4n) is 2.20. The molecule has 1 heterocycles. The summed E-state index contributed by atoms with van der Waals surface area (Å²) in [6.07, 6.45) is 1.19. The Morgan fingerprint density at radius 2 is 2.10 bits per heavy atom. The highest BCUT2D eigenvalue weighted by Crippen LogP contribution is 2.26. The number of benzene rings is 1. The first-order chi connectivity index (χ1) is 9.90. The van der Waals surface area contributed by atoms with Gasteiger partial charge in [0.25, 0.3) is 0 Å². The van der Waals surface area contributed by atoms with Crippen LogP contribution < -0.4 is 5.73 Å².